The molecule has 0 atom stereocenters. The Morgan fingerprint density at radius 3 is 2.55 bits per heavy atom. The van der Waals surface area contributed by atoms with Gasteiger partial charge in [0.15, 0.2) is 0 Å². The van der Waals surface area contributed by atoms with Crippen LogP contribution in [-0.4, -0.2) is 17.2 Å². The molecular formula is C15H11F3N2O2. The minimum absolute atomic E-state index is 0.0745. The van der Waals surface area contributed by atoms with Gasteiger partial charge in [0.25, 0.3) is 5.91 Å². The summed E-state index contributed by atoms with van der Waals surface area (Å²) in [5, 5.41) is 12.8. The molecule has 22 heavy (non-hydrogen) atoms. The van der Waals surface area contributed by atoms with Gasteiger partial charge in [-0.25, -0.2) is 5.43 Å². The zero-order valence-electron chi connectivity index (χ0n) is 11.1. The van der Waals surface area contributed by atoms with Crippen LogP contribution in [0.15, 0.2) is 53.6 Å². The average Bonchev–Trinajstić information content (AvgIpc) is 2.46. The van der Waals surface area contributed by atoms with Crippen LogP contribution in [0.1, 0.15) is 21.5 Å². The Labute approximate surface area is 123 Å². The van der Waals surface area contributed by atoms with Crippen LogP contribution in [0.5, 0.6) is 5.75 Å². The van der Waals surface area contributed by atoms with Gasteiger partial charge in [-0.15, -0.1) is 0 Å². The second-order valence-electron chi connectivity index (χ2n) is 4.37. The van der Waals surface area contributed by atoms with Crippen molar-refractivity contribution in [2.45, 2.75) is 6.18 Å². The van der Waals surface area contributed by atoms with Gasteiger partial charge in [0, 0.05) is 5.56 Å². The number of alkyl halides is 3. The van der Waals surface area contributed by atoms with Gasteiger partial charge in [-0.1, -0.05) is 18.2 Å². The van der Waals surface area contributed by atoms with Gasteiger partial charge < -0.3 is 5.11 Å². The van der Waals surface area contributed by atoms with Crippen LogP contribution in [0.25, 0.3) is 0 Å². The highest BCUT2D eigenvalue weighted by atomic mass is 19.4. The highest BCUT2D eigenvalue weighted by Crippen LogP contribution is 2.29. The Balaban J connectivity index is 2.05. The van der Waals surface area contributed by atoms with Gasteiger partial charge in [-0.05, 0) is 35.9 Å². The van der Waals surface area contributed by atoms with Crippen molar-refractivity contribution in [2.24, 2.45) is 5.10 Å². The molecule has 0 bridgehead atoms. The number of halogens is 3. The van der Waals surface area contributed by atoms with E-state index in [1.165, 1.54) is 36.4 Å². The highest BCUT2D eigenvalue weighted by Gasteiger charge is 2.30. The quantitative estimate of drug-likeness (QED) is 0.676. The van der Waals surface area contributed by atoms with Gasteiger partial charge in [0.05, 0.1) is 11.8 Å². The molecule has 0 aliphatic heterocycles. The van der Waals surface area contributed by atoms with Gasteiger partial charge in [0.2, 0.25) is 0 Å². The van der Waals surface area contributed by atoms with Crippen LogP contribution in [0.2, 0.25) is 0 Å². The molecule has 0 heterocycles. The smallest absolute Gasteiger partial charge is 0.416 e. The molecule has 2 aromatic rings. The van der Waals surface area contributed by atoms with E-state index >= 15 is 0 Å². The number of nitrogens with one attached hydrogen (secondary N) is 1. The summed E-state index contributed by atoms with van der Waals surface area (Å²) in [7, 11) is 0. The largest absolute Gasteiger partial charge is 0.508 e. The Kier molecular flexibility index (Phi) is 4.45. The van der Waals surface area contributed by atoms with Crippen molar-refractivity contribution in [3.8, 4) is 5.75 Å². The molecule has 2 aromatic carbocycles. The van der Waals surface area contributed by atoms with Crippen molar-refractivity contribution in [3.05, 3.63) is 65.2 Å². The van der Waals surface area contributed by atoms with Crippen molar-refractivity contribution < 1.29 is 23.1 Å². The maximum Gasteiger partial charge on any atom is 0.416 e. The maximum atomic E-state index is 12.5. The first-order chi connectivity index (χ1) is 10.4. The zero-order chi connectivity index (χ0) is 16.2. The van der Waals surface area contributed by atoms with Crippen LogP contribution in [0, 0.1) is 0 Å². The van der Waals surface area contributed by atoms with Crippen LogP contribution >= 0.6 is 0 Å². The van der Waals surface area contributed by atoms with E-state index in [1.54, 1.807) is 0 Å². The van der Waals surface area contributed by atoms with E-state index in [4.69, 9.17) is 0 Å². The van der Waals surface area contributed by atoms with Gasteiger partial charge in [-0.2, -0.15) is 18.3 Å². The molecule has 0 aliphatic carbocycles. The fraction of sp³-hybridized carbons (Fsp3) is 0.0667. The van der Waals surface area contributed by atoms with E-state index in [-0.39, 0.29) is 16.9 Å². The second kappa shape index (κ2) is 6.30. The van der Waals surface area contributed by atoms with Gasteiger partial charge in [0.1, 0.15) is 5.75 Å². The number of hydrogen-bond acceptors (Lipinski definition) is 3. The monoisotopic (exact) mass is 308 g/mol. The van der Waals surface area contributed by atoms with E-state index < -0.39 is 17.6 Å². The fourth-order valence-electron chi connectivity index (χ4n) is 1.67. The van der Waals surface area contributed by atoms with Crippen molar-refractivity contribution in [1.82, 2.24) is 5.43 Å². The molecule has 2 N–H and O–H groups in total. The molecule has 0 fully saturated rings. The van der Waals surface area contributed by atoms with Crippen molar-refractivity contribution in [1.29, 1.82) is 0 Å². The molecule has 1 amide bonds. The van der Waals surface area contributed by atoms with Crippen LogP contribution < -0.4 is 5.43 Å². The SMILES string of the molecule is O=C(N/N=C/c1cccc(C(F)(F)F)c1)c1cccc(O)c1. The minimum Gasteiger partial charge on any atom is -0.508 e. The summed E-state index contributed by atoms with van der Waals surface area (Å²) >= 11 is 0. The molecule has 7 heteroatoms. The summed E-state index contributed by atoms with van der Waals surface area (Å²) < 4.78 is 37.6. The standard InChI is InChI=1S/C15H11F3N2O2/c16-15(17,18)12-5-1-3-10(7-12)9-19-20-14(22)11-4-2-6-13(21)8-11/h1-9,21H,(H,20,22)/b19-9+. The molecule has 0 radical (unpaired) electrons. The third-order valence-corrected chi connectivity index (χ3v) is 2.70. The molecule has 0 spiro atoms. The minimum atomic E-state index is -4.44. The Morgan fingerprint density at radius 2 is 1.86 bits per heavy atom. The number of phenolic OH excluding ortho intramolecular Hbond substituents is 1. The van der Waals surface area contributed by atoms with E-state index in [9.17, 15) is 23.1 Å². The third kappa shape index (κ3) is 4.08. The van der Waals surface area contributed by atoms with Crippen molar-refractivity contribution in [2.75, 3.05) is 0 Å². The lowest BCUT2D eigenvalue weighted by atomic mass is 10.1. The summed E-state index contributed by atoms with van der Waals surface area (Å²) in [6, 6.07) is 10.2. The number of carbonyl (C=O) groups excluding carboxylic acids is 1. The zero-order valence-corrected chi connectivity index (χ0v) is 11.1. The number of benzene rings is 2. The summed E-state index contributed by atoms with van der Waals surface area (Å²) in [5.74, 6) is -0.659. The van der Waals surface area contributed by atoms with Crippen molar-refractivity contribution in [3.63, 3.8) is 0 Å². The molecule has 0 aromatic heterocycles. The topological polar surface area (TPSA) is 61.7 Å². The molecule has 0 saturated heterocycles. The Morgan fingerprint density at radius 1 is 1.14 bits per heavy atom. The first-order valence-corrected chi connectivity index (χ1v) is 6.16. The molecule has 0 saturated carbocycles. The summed E-state index contributed by atoms with van der Waals surface area (Å²) in [4.78, 5) is 11.7. The molecule has 4 nitrogen and oxygen atoms in total. The Bertz CT molecular complexity index is 712. The predicted molar refractivity (Wildman–Crippen MR) is 74.6 cm³/mol. The third-order valence-electron chi connectivity index (χ3n) is 2.70. The lowest BCUT2D eigenvalue weighted by Gasteiger charge is -2.06. The fourth-order valence-corrected chi connectivity index (χ4v) is 1.67. The molecule has 0 aliphatic rings. The van der Waals surface area contributed by atoms with E-state index in [0.29, 0.717) is 0 Å². The predicted octanol–water partition coefficient (Wildman–Crippen LogP) is 3.17. The van der Waals surface area contributed by atoms with E-state index in [0.717, 1.165) is 18.3 Å². The Hall–Kier alpha value is -2.83. The number of aromatic hydroxyl groups is 1. The number of hydrogen-bond donors (Lipinski definition) is 2. The molecular weight excluding hydrogens is 297 g/mol. The van der Waals surface area contributed by atoms with Crippen LogP contribution in [-0.2, 0) is 6.18 Å². The van der Waals surface area contributed by atoms with Gasteiger partial charge in [-0.3, -0.25) is 4.79 Å². The summed E-state index contributed by atoms with van der Waals surface area (Å²) in [5.41, 5.74) is 1.76. The maximum absolute atomic E-state index is 12.5. The number of nitrogens with zero attached hydrogens (tertiary/aromatic N) is 1. The lowest BCUT2D eigenvalue weighted by Crippen LogP contribution is -2.17. The number of phenols is 1. The first kappa shape index (κ1) is 15.6. The highest BCUT2D eigenvalue weighted by molar-refractivity contribution is 5.95. The number of amides is 1. The van der Waals surface area contributed by atoms with E-state index in [2.05, 4.69) is 10.5 Å². The van der Waals surface area contributed by atoms with Crippen molar-refractivity contribution >= 4 is 12.1 Å². The number of rotatable bonds is 3. The number of carbonyl (C=O) groups is 1. The molecule has 0 unspecified atom stereocenters. The number of hydrazone groups is 1. The second-order valence-corrected chi connectivity index (χ2v) is 4.37. The lowest BCUT2D eigenvalue weighted by molar-refractivity contribution is -0.137. The summed E-state index contributed by atoms with van der Waals surface area (Å²) in [6.45, 7) is 0. The van der Waals surface area contributed by atoms with Crippen LogP contribution in [0.4, 0.5) is 13.2 Å². The first-order valence-electron chi connectivity index (χ1n) is 6.16. The normalized spacial score (nSPS) is 11.6. The molecule has 2 rings (SSSR count). The van der Waals surface area contributed by atoms with Crippen LogP contribution in [0.3, 0.4) is 0 Å². The van der Waals surface area contributed by atoms with E-state index in [1.807, 2.05) is 0 Å². The molecule has 114 valence electrons. The van der Waals surface area contributed by atoms with Gasteiger partial charge >= 0.3 is 6.18 Å². The average molecular weight is 308 g/mol. The summed E-state index contributed by atoms with van der Waals surface area (Å²) in [6.07, 6.45) is -3.33.